The summed E-state index contributed by atoms with van der Waals surface area (Å²) in [5.74, 6) is 1.87. The van der Waals surface area contributed by atoms with Crippen molar-refractivity contribution in [1.29, 1.82) is 0 Å². The molecule has 98 valence electrons. The first kappa shape index (κ1) is 11.5. The van der Waals surface area contributed by atoms with Gasteiger partial charge in [-0.2, -0.15) is 0 Å². The van der Waals surface area contributed by atoms with E-state index in [1.165, 1.54) is 0 Å². The summed E-state index contributed by atoms with van der Waals surface area (Å²) >= 11 is 0. The van der Waals surface area contributed by atoms with Crippen molar-refractivity contribution in [3.05, 3.63) is 30.7 Å². The summed E-state index contributed by atoms with van der Waals surface area (Å²) in [5.41, 5.74) is 6.50. The maximum atomic E-state index is 5.78. The lowest BCUT2D eigenvalue weighted by atomic mass is 10.3. The van der Waals surface area contributed by atoms with E-state index in [1.54, 1.807) is 18.7 Å². The Kier molecular flexibility index (Phi) is 2.55. The first-order valence-electron chi connectivity index (χ1n) is 5.85. The van der Waals surface area contributed by atoms with Gasteiger partial charge < -0.3 is 20.0 Å². The molecule has 0 aromatic carbocycles. The van der Waals surface area contributed by atoms with Crippen LogP contribution < -0.4 is 11.1 Å². The highest BCUT2D eigenvalue weighted by atomic mass is 15.3. The number of nitrogen functional groups attached to an aromatic ring is 1. The normalized spacial score (nSPS) is 12.7. The van der Waals surface area contributed by atoms with E-state index in [1.807, 2.05) is 29.1 Å². The number of anilines is 2. The van der Waals surface area contributed by atoms with Crippen LogP contribution in [0.15, 0.2) is 24.9 Å². The first-order chi connectivity index (χ1) is 9.15. The molecular formula is C11H14N8. The van der Waals surface area contributed by atoms with Crippen molar-refractivity contribution >= 4 is 17.3 Å². The Hall–Kier alpha value is -2.64. The van der Waals surface area contributed by atoms with Gasteiger partial charge in [-0.3, -0.25) is 0 Å². The van der Waals surface area contributed by atoms with Gasteiger partial charge in [-0.15, -0.1) is 10.2 Å². The van der Waals surface area contributed by atoms with Crippen LogP contribution in [0.1, 0.15) is 18.8 Å². The van der Waals surface area contributed by atoms with Gasteiger partial charge in [0.15, 0.2) is 17.3 Å². The molecule has 0 saturated heterocycles. The van der Waals surface area contributed by atoms with E-state index in [0.717, 1.165) is 11.5 Å². The van der Waals surface area contributed by atoms with Crippen molar-refractivity contribution in [2.24, 2.45) is 7.05 Å². The molecule has 0 aliphatic rings. The van der Waals surface area contributed by atoms with E-state index in [-0.39, 0.29) is 6.04 Å². The minimum atomic E-state index is -0.0534. The van der Waals surface area contributed by atoms with Gasteiger partial charge in [0.25, 0.3) is 0 Å². The Bertz CT molecular complexity index is 712. The summed E-state index contributed by atoms with van der Waals surface area (Å²) < 4.78 is 3.68. The van der Waals surface area contributed by atoms with Crippen LogP contribution in [-0.2, 0) is 7.05 Å². The second kappa shape index (κ2) is 4.23. The van der Waals surface area contributed by atoms with Crippen molar-refractivity contribution in [3.8, 4) is 0 Å². The topological polar surface area (TPSA) is 98.9 Å². The van der Waals surface area contributed by atoms with Gasteiger partial charge in [0.1, 0.15) is 12.1 Å². The number of nitrogens with one attached hydrogen (secondary N) is 1. The summed E-state index contributed by atoms with van der Waals surface area (Å²) in [5, 5.41) is 11.2. The average molecular weight is 258 g/mol. The van der Waals surface area contributed by atoms with Crippen LogP contribution in [0.4, 0.5) is 11.6 Å². The molecule has 0 saturated carbocycles. The van der Waals surface area contributed by atoms with Gasteiger partial charge >= 0.3 is 0 Å². The number of hydrogen-bond acceptors (Lipinski definition) is 6. The van der Waals surface area contributed by atoms with E-state index < -0.39 is 0 Å². The quantitative estimate of drug-likeness (QED) is 0.714. The summed E-state index contributed by atoms with van der Waals surface area (Å²) in [6.45, 7) is 1.98. The maximum absolute atomic E-state index is 5.78. The number of nitrogens with two attached hydrogens (primary N) is 1. The highest BCUT2D eigenvalue weighted by Gasteiger charge is 2.14. The molecule has 19 heavy (non-hydrogen) atoms. The summed E-state index contributed by atoms with van der Waals surface area (Å²) in [4.78, 5) is 8.54. The zero-order valence-electron chi connectivity index (χ0n) is 10.6. The zero-order chi connectivity index (χ0) is 13.4. The van der Waals surface area contributed by atoms with Crippen LogP contribution in [0, 0.1) is 0 Å². The standard InChI is InChI=1S/C11H14N8/c1-7(10-17-14-6-18(10)2)15-9-11-13-3-4-19(11)5-8(12)16-9/h3-7H,12H2,1-2H3,(H,15,16). The number of fused-ring (bicyclic) bond motifs is 1. The van der Waals surface area contributed by atoms with Gasteiger partial charge in [0.2, 0.25) is 0 Å². The van der Waals surface area contributed by atoms with Crippen molar-refractivity contribution in [2.75, 3.05) is 11.1 Å². The molecule has 3 aromatic rings. The minimum Gasteiger partial charge on any atom is -0.382 e. The van der Waals surface area contributed by atoms with Gasteiger partial charge in [0.05, 0.1) is 12.2 Å². The first-order valence-corrected chi connectivity index (χ1v) is 5.85. The Morgan fingerprint density at radius 2 is 2.26 bits per heavy atom. The van der Waals surface area contributed by atoms with Gasteiger partial charge in [-0.05, 0) is 6.92 Å². The number of imidazole rings is 1. The van der Waals surface area contributed by atoms with E-state index in [9.17, 15) is 0 Å². The average Bonchev–Trinajstić information content (AvgIpc) is 2.97. The van der Waals surface area contributed by atoms with Crippen molar-refractivity contribution in [1.82, 2.24) is 29.1 Å². The molecule has 0 radical (unpaired) electrons. The molecule has 3 aromatic heterocycles. The monoisotopic (exact) mass is 258 g/mol. The molecule has 0 spiro atoms. The van der Waals surface area contributed by atoms with Crippen LogP contribution in [-0.4, -0.2) is 29.1 Å². The van der Waals surface area contributed by atoms with E-state index in [2.05, 4.69) is 25.5 Å². The van der Waals surface area contributed by atoms with Crippen molar-refractivity contribution in [2.45, 2.75) is 13.0 Å². The molecule has 3 N–H and O–H groups in total. The highest BCUT2D eigenvalue weighted by Crippen LogP contribution is 2.20. The molecule has 0 amide bonds. The molecule has 0 fully saturated rings. The smallest absolute Gasteiger partial charge is 0.180 e. The Balaban J connectivity index is 1.97. The van der Waals surface area contributed by atoms with E-state index in [0.29, 0.717) is 11.6 Å². The number of aryl methyl sites for hydroxylation is 1. The molecule has 0 aliphatic carbocycles. The van der Waals surface area contributed by atoms with Crippen LogP contribution in [0.3, 0.4) is 0 Å². The lowest BCUT2D eigenvalue weighted by Crippen LogP contribution is -2.14. The third-order valence-electron chi connectivity index (χ3n) is 2.88. The van der Waals surface area contributed by atoms with E-state index in [4.69, 9.17) is 5.73 Å². The molecular weight excluding hydrogens is 244 g/mol. The van der Waals surface area contributed by atoms with Crippen LogP contribution in [0.2, 0.25) is 0 Å². The molecule has 3 rings (SSSR count). The lowest BCUT2D eigenvalue weighted by molar-refractivity contribution is 0.716. The largest absolute Gasteiger partial charge is 0.382 e. The maximum Gasteiger partial charge on any atom is 0.180 e. The minimum absolute atomic E-state index is 0.0534. The molecule has 0 bridgehead atoms. The fourth-order valence-electron chi connectivity index (χ4n) is 2.00. The van der Waals surface area contributed by atoms with Gasteiger partial charge in [-0.1, -0.05) is 0 Å². The second-order valence-corrected chi connectivity index (χ2v) is 4.34. The Morgan fingerprint density at radius 1 is 1.42 bits per heavy atom. The molecule has 8 heteroatoms. The van der Waals surface area contributed by atoms with Crippen LogP contribution >= 0.6 is 0 Å². The van der Waals surface area contributed by atoms with Crippen molar-refractivity contribution in [3.63, 3.8) is 0 Å². The fraction of sp³-hybridized carbons (Fsp3) is 0.273. The summed E-state index contributed by atoms with van der Waals surface area (Å²) in [7, 11) is 1.89. The van der Waals surface area contributed by atoms with Crippen LogP contribution in [0.25, 0.3) is 5.65 Å². The highest BCUT2D eigenvalue weighted by molar-refractivity contribution is 5.65. The molecule has 8 nitrogen and oxygen atoms in total. The molecule has 1 unspecified atom stereocenters. The van der Waals surface area contributed by atoms with E-state index >= 15 is 0 Å². The van der Waals surface area contributed by atoms with Crippen LogP contribution in [0.5, 0.6) is 0 Å². The summed E-state index contributed by atoms with van der Waals surface area (Å²) in [6.07, 6.45) is 6.91. The third-order valence-corrected chi connectivity index (χ3v) is 2.88. The predicted molar refractivity (Wildman–Crippen MR) is 70.4 cm³/mol. The number of hydrogen-bond donors (Lipinski definition) is 2. The predicted octanol–water partition coefficient (Wildman–Crippen LogP) is 0.613. The molecule has 1 atom stereocenters. The van der Waals surface area contributed by atoms with Crippen molar-refractivity contribution < 1.29 is 0 Å². The molecule has 0 aliphatic heterocycles. The summed E-state index contributed by atoms with van der Waals surface area (Å²) in [6, 6.07) is -0.0534. The lowest BCUT2D eigenvalue weighted by Gasteiger charge is -2.14. The van der Waals surface area contributed by atoms with Gasteiger partial charge in [0, 0.05) is 19.4 Å². The Morgan fingerprint density at radius 3 is 3.00 bits per heavy atom. The second-order valence-electron chi connectivity index (χ2n) is 4.34. The number of nitrogens with zero attached hydrogens (tertiary/aromatic N) is 6. The number of aromatic nitrogens is 6. The zero-order valence-corrected chi connectivity index (χ0v) is 10.6. The van der Waals surface area contributed by atoms with Gasteiger partial charge in [-0.25, -0.2) is 9.97 Å². The fourth-order valence-corrected chi connectivity index (χ4v) is 2.00. The third kappa shape index (κ3) is 1.96. The number of rotatable bonds is 3. The SMILES string of the molecule is CC(Nc1nc(N)cn2ccnc12)c1nncn1C. The molecule has 3 heterocycles. The Labute approximate surface area is 109 Å².